The van der Waals surface area contributed by atoms with Crippen molar-refractivity contribution in [2.45, 2.75) is 43.4 Å². The highest BCUT2D eigenvalue weighted by Gasteiger charge is 2.13. The van der Waals surface area contributed by atoms with Crippen molar-refractivity contribution >= 4 is 17.7 Å². The third-order valence-corrected chi connectivity index (χ3v) is 3.93. The molecule has 1 aromatic carbocycles. The third kappa shape index (κ3) is 7.39. The van der Waals surface area contributed by atoms with E-state index in [9.17, 15) is 4.79 Å². The Kier molecular flexibility index (Phi) is 8.23. The Balaban J connectivity index is 2.26. The first-order chi connectivity index (χ1) is 10.0. The van der Waals surface area contributed by atoms with Gasteiger partial charge in [0.15, 0.2) is 0 Å². The SMILES string of the molecule is COc1ccc(SC(C)C(=O)NCCCOC(C)C)cc1. The molecule has 118 valence electrons. The first kappa shape index (κ1) is 17.9. The molecule has 0 fully saturated rings. The van der Waals surface area contributed by atoms with Crippen molar-refractivity contribution in [3.05, 3.63) is 24.3 Å². The molecule has 0 spiro atoms. The van der Waals surface area contributed by atoms with E-state index in [2.05, 4.69) is 5.32 Å². The quantitative estimate of drug-likeness (QED) is 0.562. The van der Waals surface area contributed by atoms with Gasteiger partial charge in [-0.15, -0.1) is 11.8 Å². The fourth-order valence-electron chi connectivity index (χ4n) is 1.66. The summed E-state index contributed by atoms with van der Waals surface area (Å²) in [6.45, 7) is 7.25. The Bertz CT molecular complexity index is 420. The molecule has 1 aromatic rings. The zero-order valence-corrected chi connectivity index (χ0v) is 14.0. The van der Waals surface area contributed by atoms with Gasteiger partial charge in [0.1, 0.15) is 5.75 Å². The lowest BCUT2D eigenvalue weighted by atomic mass is 10.3. The average molecular weight is 311 g/mol. The number of rotatable bonds is 9. The van der Waals surface area contributed by atoms with Crippen LogP contribution in [0.2, 0.25) is 0 Å². The van der Waals surface area contributed by atoms with Crippen LogP contribution in [0.25, 0.3) is 0 Å². The van der Waals surface area contributed by atoms with Gasteiger partial charge in [0.25, 0.3) is 0 Å². The lowest BCUT2D eigenvalue weighted by Crippen LogP contribution is -2.32. The van der Waals surface area contributed by atoms with E-state index in [0.29, 0.717) is 13.2 Å². The summed E-state index contributed by atoms with van der Waals surface area (Å²) in [6.07, 6.45) is 1.08. The largest absolute Gasteiger partial charge is 0.497 e. The number of ether oxygens (including phenoxy) is 2. The fourth-order valence-corrected chi connectivity index (χ4v) is 2.55. The number of hydrogen-bond donors (Lipinski definition) is 1. The molecule has 1 rings (SSSR count). The number of carbonyl (C=O) groups excluding carboxylic acids is 1. The molecule has 0 aromatic heterocycles. The van der Waals surface area contributed by atoms with E-state index in [1.54, 1.807) is 18.9 Å². The summed E-state index contributed by atoms with van der Waals surface area (Å²) in [5.41, 5.74) is 0. The van der Waals surface area contributed by atoms with Gasteiger partial charge in [-0.1, -0.05) is 0 Å². The predicted octanol–water partition coefficient (Wildman–Crippen LogP) is 3.11. The second-order valence-corrected chi connectivity index (χ2v) is 6.41. The van der Waals surface area contributed by atoms with E-state index in [-0.39, 0.29) is 17.3 Å². The number of thioether (sulfide) groups is 1. The average Bonchev–Trinajstić information content (AvgIpc) is 2.47. The molecular weight excluding hydrogens is 286 g/mol. The second kappa shape index (κ2) is 9.68. The van der Waals surface area contributed by atoms with Gasteiger partial charge >= 0.3 is 0 Å². The third-order valence-electron chi connectivity index (χ3n) is 2.81. The van der Waals surface area contributed by atoms with Crippen molar-refractivity contribution in [3.63, 3.8) is 0 Å². The molecule has 21 heavy (non-hydrogen) atoms. The minimum atomic E-state index is -0.121. The number of hydrogen-bond acceptors (Lipinski definition) is 4. The first-order valence-electron chi connectivity index (χ1n) is 7.23. The van der Waals surface area contributed by atoms with Crippen LogP contribution in [0.4, 0.5) is 0 Å². The minimum Gasteiger partial charge on any atom is -0.497 e. The van der Waals surface area contributed by atoms with Crippen LogP contribution in [-0.2, 0) is 9.53 Å². The molecule has 0 saturated carbocycles. The number of benzene rings is 1. The zero-order chi connectivity index (χ0) is 15.7. The molecule has 5 heteroatoms. The monoisotopic (exact) mass is 311 g/mol. The summed E-state index contributed by atoms with van der Waals surface area (Å²) in [5.74, 6) is 0.877. The van der Waals surface area contributed by atoms with Crippen molar-refractivity contribution in [2.75, 3.05) is 20.3 Å². The van der Waals surface area contributed by atoms with E-state index in [1.807, 2.05) is 45.0 Å². The highest BCUT2D eigenvalue weighted by molar-refractivity contribution is 8.00. The van der Waals surface area contributed by atoms with Crippen LogP contribution in [0, 0.1) is 0 Å². The summed E-state index contributed by atoms with van der Waals surface area (Å²) in [7, 11) is 1.64. The normalized spacial score (nSPS) is 12.2. The molecule has 0 radical (unpaired) electrons. The van der Waals surface area contributed by atoms with E-state index in [0.717, 1.165) is 17.1 Å². The highest BCUT2D eigenvalue weighted by atomic mass is 32.2. The van der Waals surface area contributed by atoms with Gasteiger partial charge in [-0.05, 0) is 51.5 Å². The molecule has 0 aliphatic heterocycles. The summed E-state index contributed by atoms with van der Waals surface area (Å²) in [6, 6.07) is 7.72. The lowest BCUT2D eigenvalue weighted by Gasteiger charge is -2.13. The number of methoxy groups -OCH3 is 1. The van der Waals surface area contributed by atoms with Crippen LogP contribution < -0.4 is 10.1 Å². The molecule has 0 aliphatic rings. The van der Waals surface area contributed by atoms with Crippen LogP contribution in [0.1, 0.15) is 27.2 Å². The maximum atomic E-state index is 12.0. The topological polar surface area (TPSA) is 47.6 Å². The van der Waals surface area contributed by atoms with Gasteiger partial charge in [-0.2, -0.15) is 0 Å². The molecule has 0 aliphatic carbocycles. The van der Waals surface area contributed by atoms with E-state index in [4.69, 9.17) is 9.47 Å². The Morgan fingerprint density at radius 1 is 1.24 bits per heavy atom. The molecule has 1 atom stereocenters. The fraction of sp³-hybridized carbons (Fsp3) is 0.562. The van der Waals surface area contributed by atoms with Crippen LogP contribution in [0.3, 0.4) is 0 Å². The number of amides is 1. The van der Waals surface area contributed by atoms with Crippen molar-refractivity contribution in [1.82, 2.24) is 5.32 Å². The Morgan fingerprint density at radius 3 is 2.48 bits per heavy atom. The van der Waals surface area contributed by atoms with Gasteiger partial charge in [-0.25, -0.2) is 0 Å². The maximum absolute atomic E-state index is 12.0. The molecule has 1 N–H and O–H groups in total. The number of carbonyl (C=O) groups is 1. The molecule has 1 unspecified atom stereocenters. The van der Waals surface area contributed by atoms with Crippen molar-refractivity contribution in [3.8, 4) is 5.75 Å². The summed E-state index contributed by atoms with van der Waals surface area (Å²) >= 11 is 1.54. The molecule has 4 nitrogen and oxygen atoms in total. The smallest absolute Gasteiger partial charge is 0.233 e. The predicted molar refractivity (Wildman–Crippen MR) is 87.0 cm³/mol. The molecule has 0 bridgehead atoms. The molecule has 0 heterocycles. The zero-order valence-electron chi connectivity index (χ0n) is 13.2. The standard InChI is InChI=1S/C16H25NO3S/c1-12(2)20-11-5-10-17-16(18)13(3)21-15-8-6-14(19-4)7-9-15/h6-9,12-13H,5,10-11H2,1-4H3,(H,17,18). The van der Waals surface area contributed by atoms with Crippen LogP contribution in [0.5, 0.6) is 5.75 Å². The van der Waals surface area contributed by atoms with E-state index < -0.39 is 0 Å². The van der Waals surface area contributed by atoms with E-state index >= 15 is 0 Å². The first-order valence-corrected chi connectivity index (χ1v) is 8.11. The van der Waals surface area contributed by atoms with Gasteiger partial charge in [0.05, 0.1) is 18.5 Å². The van der Waals surface area contributed by atoms with Crippen molar-refractivity contribution in [2.24, 2.45) is 0 Å². The van der Waals surface area contributed by atoms with Crippen LogP contribution >= 0.6 is 11.8 Å². The molecule has 0 saturated heterocycles. The van der Waals surface area contributed by atoms with Gasteiger partial charge in [0.2, 0.25) is 5.91 Å². The molecule has 1 amide bonds. The Morgan fingerprint density at radius 2 is 1.90 bits per heavy atom. The summed E-state index contributed by atoms with van der Waals surface area (Å²) in [5, 5.41) is 2.81. The van der Waals surface area contributed by atoms with Gasteiger partial charge in [-0.3, -0.25) is 4.79 Å². The Labute approximate surface area is 131 Å². The van der Waals surface area contributed by atoms with E-state index in [1.165, 1.54) is 0 Å². The highest BCUT2D eigenvalue weighted by Crippen LogP contribution is 2.25. The summed E-state index contributed by atoms with van der Waals surface area (Å²) < 4.78 is 10.5. The van der Waals surface area contributed by atoms with Gasteiger partial charge in [0, 0.05) is 18.0 Å². The summed E-state index contributed by atoms with van der Waals surface area (Å²) in [4.78, 5) is 13.0. The van der Waals surface area contributed by atoms with Crippen molar-refractivity contribution in [1.29, 1.82) is 0 Å². The second-order valence-electron chi connectivity index (χ2n) is 5.00. The van der Waals surface area contributed by atoms with Crippen LogP contribution in [-0.4, -0.2) is 37.5 Å². The van der Waals surface area contributed by atoms with Gasteiger partial charge < -0.3 is 14.8 Å². The van der Waals surface area contributed by atoms with Crippen LogP contribution in [0.15, 0.2) is 29.2 Å². The van der Waals surface area contributed by atoms with Crippen molar-refractivity contribution < 1.29 is 14.3 Å². The Hall–Kier alpha value is -1.20. The number of nitrogens with one attached hydrogen (secondary N) is 1. The maximum Gasteiger partial charge on any atom is 0.233 e. The minimum absolute atomic E-state index is 0.0559. The lowest BCUT2D eigenvalue weighted by molar-refractivity contribution is -0.120. The molecular formula is C16H25NO3S.